The quantitative estimate of drug-likeness (QED) is 0.649. The average Bonchev–Trinajstić information content (AvgIpc) is 3.17. The highest BCUT2D eigenvalue weighted by Crippen LogP contribution is 2.24. The molecule has 152 valence electrons. The zero-order valence-corrected chi connectivity index (χ0v) is 17.1. The van der Waals surface area contributed by atoms with Gasteiger partial charge in [-0.2, -0.15) is 0 Å². The summed E-state index contributed by atoms with van der Waals surface area (Å²) in [6, 6.07) is 7.75. The summed E-state index contributed by atoms with van der Waals surface area (Å²) in [6.45, 7) is 5.23. The maximum Gasteiger partial charge on any atom is 0.247 e. The van der Waals surface area contributed by atoms with Crippen LogP contribution in [-0.2, 0) is 11.3 Å². The van der Waals surface area contributed by atoms with Gasteiger partial charge in [0, 0.05) is 25.6 Å². The smallest absolute Gasteiger partial charge is 0.247 e. The first-order valence-electron chi connectivity index (χ1n) is 10.1. The number of piperidine rings is 1. The van der Waals surface area contributed by atoms with Gasteiger partial charge >= 0.3 is 0 Å². The number of aromatic nitrogens is 2. The van der Waals surface area contributed by atoms with E-state index in [0.29, 0.717) is 18.3 Å². The van der Waals surface area contributed by atoms with Crippen LogP contribution in [0.4, 0.5) is 0 Å². The number of ether oxygens (including phenoxy) is 1. The van der Waals surface area contributed by atoms with Gasteiger partial charge in [0.15, 0.2) is 0 Å². The van der Waals surface area contributed by atoms with Crippen molar-refractivity contribution in [3.63, 3.8) is 0 Å². The third kappa shape index (κ3) is 5.32. The first kappa shape index (κ1) is 20.3. The number of amides is 1. The molecule has 0 aliphatic carbocycles. The van der Waals surface area contributed by atoms with E-state index in [9.17, 15) is 4.79 Å². The zero-order chi connectivity index (χ0) is 19.9. The van der Waals surface area contributed by atoms with Gasteiger partial charge in [-0.3, -0.25) is 9.69 Å². The summed E-state index contributed by atoms with van der Waals surface area (Å²) in [5, 5.41) is 8.37. The van der Waals surface area contributed by atoms with Crippen LogP contribution >= 0.6 is 0 Å². The highest BCUT2D eigenvalue weighted by molar-refractivity contribution is 5.78. The Bertz CT molecular complexity index is 749. The van der Waals surface area contributed by atoms with Gasteiger partial charge < -0.3 is 14.1 Å². The molecule has 0 N–H and O–H groups in total. The highest BCUT2D eigenvalue weighted by atomic mass is 16.5. The van der Waals surface area contributed by atoms with Crippen LogP contribution in [0.2, 0.25) is 0 Å². The van der Waals surface area contributed by atoms with Crippen molar-refractivity contribution < 1.29 is 13.9 Å². The van der Waals surface area contributed by atoms with Gasteiger partial charge in [-0.15, -0.1) is 10.2 Å². The Morgan fingerprint density at radius 2 is 1.93 bits per heavy atom. The van der Waals surface area contributed by atoms with E-state index >= 15 is 0 Å². The first-order chi connectivity index (χ1) is 13.6. The molecule has 1 aromatic carbocycles. The molecule has 0 saturated carbocycles. The second kappa shape index (κ2) is 9.68. The molecule has 1 aliphatic heterocycles. The van der Waals surface area contributed by atoms with E-state index < -0.39 is 0 Å². The molecular weight excluding hydrogens is 356 g/mol. The van der Waals surface area contributed by atoms with Crippen molar-refractivity contribution in [1.82, 2.24) is 20.0 Å². The van der Waals surface area contributed by atoms with Crippen LogP contribution in [0.5, 0.6) is 5.75 Å². The van der Waals surface area contributed by atoms with Crippen LogP contribution in [-0.4, -0.2) is 59.7 Å². The Balaban J connectivity index is 1.51. The predicted molar refractivity (Wildman–Crippen MR) is 107 cm³/mol. The van der Waals surface area contributed by atoms with Gasteiger partial charge in [0.05, 0.1) is 13.2 Å². The molecule has 2 heterocycles. The lowest BCUT2D eigenvalue weighted by atomic mass is 9.95. The number of likely N-dealkylation sites (tertiary alicyclic amines) is 1. The number of carbonyl (C=O) groups excluding carboxylic acids is 1. The van der Waals surface area contributed by atoms with E-state index in [1.807, 2.05) is 38.4 Å². The lowest BCUT2D eigenvalue weighted by Crippen LogP contribution is -2.39. The summed E-state index contributed by atoms with van der Waals surface area (Å²) < 4.78 is 11.5. The number of hydrogen-bond acceptors (Lipinski definition) is 6. The fraction of sp³-hybridized carbons (Fsp3) is 0.571. The Labute approximate surface area is 166 Å². The third-order valence-electron chi connectivity index (χ3n) is 5.07. The molecule has 0 spiro atoms. The van der Waals surface area contributed by atoms with Crippen LogP contribution < -0.4 is 4.74 Å². The second-order valence-electron chi connectivity index (χ2n) is 7.51. The molecule has 7 heteroatoms. The molecule has 0 bridgehead atoms. The van der Waals surface area contributed by atoms with E-state index in [4.69, 9.17) is 9.15 Å². The summed E-state index contributed by atoms with van der Waals surface area (Å²) in [5.41, 5.74) is 0.886. The zero-order valence-electron chi connectivity index (χ0n) is 17.1. The van der Waals surface area contributed by atoms with E-state index in [1.165, 1.54) is 0 Å². The number of hydrogen-bond donors (Lipinski definition) is 0. The van der Waals surface area contributed by atoms with E-state index in [1.54, 1.807) is 4.90 Å². The van der Waals surface area contributed by atoms with Gasteiger partial charge in [0.2, 0.25) is 17.7 Å². The predicted octanol–water partition coefficient (Wildman–Crippen LogP) is 3.22. The maximum atomic E-state index is 12.1. The standard InChI is InChI=1S/C21H30N4O3/c1-4-5-14-27-18-8-6-16(7-9-18)20-23-22-19(28-20)15-25-12-10-17(11-13-25)21(26)24(2)3/h6-9,17H,4-5,10-15H2,1-3H3. The lowest BCUT2D eigenvalue weighted by molar-refractivity contribution is -0.134. The summed E-state index contributed by atoms with van der Waals surface area (Å²) in [6.07, 6.45) is 3.91. The monoisotopic (exact) mass is 386 g/mol. The van der Waals surface area contributed by atoms with Gasteiger partial charge in [-0.25, -0.2) is 0 Å². The van der Waals surface area contributed by atoms with Crippen LogP contribution in [0.3, 0.4) is 0 Å². The van der Waals surface area contributed by atoms with E-state index in [2.05, 4.69) is 22.0 Å². The van der Waals surface area contributed by atoms with Gasteiger partial charge in [0.25, 0.3) is 0 Å². The number of benzene rings is 1. The highest BCUT2D eigenvalue weighted by Gasteiger charge is 2.26. The summed E-state index contributed by atoms with van der Waals surface area (Å²) in [7, 11) is 3.64. The molecule has 1 aromatic heterocycles. The fourth-order valence-corrected chi connectivity index (χ4v) is 3.36. The Morgan fingerprint density at radius 3 is 2.57 bits per heavy atom. The van der Waals surface area contributed by atoms with E-state index in [0.717, 1.165) is 56.7 Å². The normalized spacial score (nSPS) is 15.5. The minimum absolute atomic E-state index is 0.127. The van der Waals surface area contributed by atoms with Crippen molar-refractivity contribution in [2.45, 2.75) is 39.2 Å². The fourth-order valence-electron chi connectivity index (χ4n) is 3.36. The molecular formula is C21H30N4O3. The minimum atomic E-state index is 0.127. The van der Waals surface area contributed by atoms with Crippen molar-refractivity contribution in [3.05, 3.63) is 30.2 Å². The number of carbonyl (C=O) groups is 1. The molecule has 0 atom stereocenters. The molecule has 1 aliphatic rings. The lowest BCUT2D eigenvalue weighted by Gasteiger charge is -2.31. The van der Waals surface area contributed by atoms with Gasteiger partial charge in [-0.1, -0.05) is 13.3 Å². The van der Waals surface area contributed by atoms with Crippen LogP contribution in [0.15, 0.2) is 28.7 Å². The summed E-state index contributed by atoms with van der Waals surface area (Å²) in [5.74, 6) is 2.33. The Hall–Kier alpha value is -2.41. The number of unbranched alkanes of at least 4 members (excludes halogenated alkanes) is 1. The maximum absolute atomic E-state index is 12.1. The molecule has 0 unspecified atom stereocenters. The topological polar surface area (TPSA) is 71.7 Å². The molecule has 28 heavy (non-hydrogen) atoms. The van der Waals surface area contributed by atoms with E-state index in [-0.39, 0.29) is 11.8 Å². The second-order valence-corrected chi connectivity index (χ2v) is 7.51. The van der Waals surface area contributed by atoms with Crippen molar-refractivity contribution in [1.29, 1.82) is 0 Å². The average molecular weight is 386 g/mol. The number of rotatable bonds is 8. The van der Waals surface area contributed by atoms with Crippen molar-refractivity contribution in [2.75, 3.05) is 33.8 Å². The molecule has 3 rings (SSSR count). The molecule has 7 nitrogen and oxygen atoms in total. The number of nitrogens with zero attached hydrogens (tertiary/aromatic N) is 4. The van der Waals surface area contributed by atoms with Crippen molar-refractivity contribution in [3.8, 4) is 17.2 Å². The largest absolute Gasteiger partial charge is 0.494 e. The van der Waals surface area contributed by atoms with Crippen LogP contribution in [0, 0.1) is 5.92 Å². The Kier molecular flexibility index (Phi) is 7.03. The summed E-state index contributed by atoms with van der Waals surface area (Å²) in [4.78, 5) is 16.0. The third-order valence-corrected chi connectivity index (χ3v) is 5.07. The molecule has 1 fully saturated rings. The van der Waals surface area contributed by atoms with Gasteiger partial charge in [0.1, 0.15) is 5.75 Å². The Morgan fingerprint density at radius 1 is 1.21 bits per heavy atom. The van der Waals surface area contributed by atoms with Crippen molar-refractivity contribution >= 4 is 5.91 Å². The van der Waals surface area contributed by atoms with Crippen molar-refractivity contribution in [2.24, 2.45) is 5.92 Å². The van der Waals surface area contributed by atoms with Gasteiger partial charge in [-0.05, 0) is 56.6 Å². The summed E-state index contributed by atoms with van der Waals surface area (Å²) >= 11 is 0. The molecule has 1 amide bonds. The molecule has 2 aromatic rings. The minimum Gasteiger partial charge on any atom is -0.494 e. The molecule has 1 saturated heterocycles. The van der Waals surface area contributed by atoms with Crippen LogP contribution in [0.25, 0.3) is 11.5 Å². The van der Waals surface area contributed by atoms with Crippen LogP contribution in [0.1, 0.15) is 38.5 Å². The SMILES string of the molecule is CCCCOc1ccc(-c2nnc(CN3CCC(C(=O)N(C)C)CC3)o2)cc1. The first-order valence-corrected chi connectivity index (χ1v) is 10.1. The molecule has 0 radical (unpaired) electrons.